The SMILES string of the molecule is NOC[C@@H]1OC(O)[C@@H](O)[C@H](O)[C@@H]1O. The van der Waals surface area contributed by atoms with Gasteiger partial charge < -0.3 is 30.0 Å². The minimum Gasteiger partial charge on any atom is -0.387 e. The maximum Gasteiger partial charge on any atom is 0.184 e. The summed E-state index contributed by atoms with van der Waals surface area (Å²) in [5, 5.41) is 36.5. The molecule has 0 aromatic carbocycles. The Labute approximate surface area is 74.3 Å². The first kappa shape index (κ1) is 10.8. The van der Waals surface area contributed by atoms with Crippen LogP contribution in [0, 0.1) is 0 Å². The van der Waals surface area contributed by atoms with Crippen molar-refractivity contribution in [3.63, 3.8) is 0 Å². The van der Waals surface area contributed by atoms with Crippen LogP contribution in [0.4, 0.5) is 0 Å². The highest BCUT2D eigenvalue weighted by Crippen LogP contribution is 2.19. The van der Waals surface area contributed by atoms with E-state index in [0.717, 1.165) is 0 Å². The van der Waals surface area contributed by atoms with Crippen LogP contribution in [0.15, 0.2) is 0 Å². The predicted octanol–water partition coefficient (Wildman–Crippen LogP) is -3.32. The minimum absolute atomic E-state index is 0.179. The lowest BCUT2D eigenvalue weighted by Crippen LogP contribution is -2.58. The average Bonchev–Trinajstić information content (AvgIpc) is 2.11. The topological polar surface area (TPSA) is 125 Å². The van der Waals surface area contributed by atoms with Gasteiger partial charge in [-0.3, -0.25) is 0 Å². The second-order valence-electron chi connectivity index (χ2n) is 2.87. The van der Waals surface area contributed by atoms with E-state index in [1.807, 2.05) is 0 Å². The molecule has 7 nitrogen and oxygen atoms in total. The summed E-state index contributed by atoms with van der Waals surface area (Å²) in [5.74, 6) is 4.73. The summed E-state index contributed by atoms with van der Waals surface area (Å²) in [6.45, 7) is -0.179. The zero-order valence-corrected chi connectivity index (χ0v) is 6.78. The van der Waals surface area contributed by atoms with Gasteiger partial charge in [-0.1, -0.05) is 0 Å². The van der Waals surface area contributed by atoms with Crippen molar-refractivity contribution in [1.29, 1.82) is 0 Å². The Bertz CT molecular complexity index is 167. The van der Waals surface area contributed by atoms with Crippen molar-refractivity contribution in [2.75, 3.05) is 6.61 Å². The van der Waals surface area contributed by atoms with Gasteiger partial charge in [0, 0.05) is 0 Å². The van der Waals surface area contributed by atoms with Gasteiger partial charge in [0.2, 0.25) is 0 Å². The lowest BCUT2D eigenvalue weighted by Gasteiger charge is -2.37. The van der Waals surface area contributed by atoms with Crippen LogP contribution >= 0.6 is 0 Å². The van der Waals surface area contributed by atoms with E-state index in [4.69, 9.17) is 20.8 Å². The molecule has 0 aliphatic carbocycles. The molecule has 0 aromatic rings. The maximum absolute atomic E-state index is 9.28. The molecule has 1 aliphatic rings. The zero-order chi connectivity index (χ0) is 10.0. The lowest BCUT2D eigenvalue weighted by atomic mass is 9.99. The fourth-order valence-corrected chi connectivity index (χ4v) is 1.16. The van der Waals surface area contributed by atoms with Gasteiger partial charge in [0.25, 0.3) is 0 Å². The molecule has 7 heteroatoms. The van der Waals surface area contributed by atoms with Crippen LogP contribution in [0.1, 0.15) is 0 Å². The van der Waals surface area contributed by atoms with E-state index in [9.17, 15) is 10.2 Å². The van der Waals surface area contributed by atoms with Crippen LogP contribution < -0.4 is 5.90 Å². The van der Waals surface area contributed by atoms with Crippen LogP contribution in [0.2, 0.25) is 0 Å². The van der Waals surface area contributed by atoms with Gasteiger partial charge in [-0.15, -0.1) is 0 Å². The monoisotopic (exact) mass is 195 g/mol. The third kappa shape index (κ3) is 2.15. The van der Waals surface area contributed by atoms with Crippen molar-refractivity contribution in [3.8, 4) is 0 Å². The summed E-state index contributed by atoms with van der Waals surface area (Å²) in [6.07, 6.45) is -6.81. The minimum atomic E-state index is -1.54. The van der Waals surface area contributed by atoms with Crippen molar-refractivity contribution in [3.05, 3.63) is 0 Å². The van der Waals surface area contributed by atoms with Crippen molar-refractivity contribution in [2.45, 2.75) is 30.7 Å². The maximum atomic E-state index is 9.28. The van der Waals surface area contributed by atoms with Crippen molar-refractivity contribution in [2.24, 2.45) is 5.90 Å². The number of ether oxygens (including phenoxy) is 1. The molecule has 0 amide bonds. The van der Waals surface area contributed by atoms with E-state index in [0.29, 0.717) is 0 Å². The normalized spacial score (nSPS) is 46.4. The summed E-state index contributed by atoms with van der Waals surface area (Å²) in [6, 6.07) is 0. The molecular formula is C6H13NO6. The molecule has 0 bridgehead atoms. The molecule has 1 unspecified atom stereocenters. The van der Waals surface area contributed by atoms with Gasteiger partial charge in [-0.05, 0) is 0 Å². The van der Waals surface area contributed by atoms with Crippen LogP contribution in [-0.4, -0.2) is 57.7 Å². The van der Waals surface area contributed by atoms with E-state index in [2.05, 4.69) is 4.84 Å². The fourth-order valence-electron chi connectivity index (χ4n) is 1.16. The Morgan fingerprint density at radius 2 is 1.69 bits per heavy atom. The Kier molecular flexibility index (Phi) is 3.56. The molecule has 6 N–H and O–H groups in total. The van der Waals surface area contributed by atoms with Gasteiger partial charge in [0.05, 0.1) is 6.61 Å². The van der Waals surface area contributed by atoms with Crippen molar-refractivity contribution >= 4 is 0 Å². The Morgan fingerprint density at radius 3 is 2.23 bits per heavy atom. The van der Waals surface area contributed by atoms with Gasteiger partial charge in [-0.25, -0.2) is 5.90 Å². The summed E-state index contributed by atoms with van der Waals surface area (Å²) >= 11 is 0. The molecule has 1 fully saturated rings. The van der Waals surface area contributed by atoms with Crippen LogP contribution in [0.5, 0.6) is 0 Å². The average molecular weight is 195 g/mol. The number of hydrogen-bond donors (Lipinski definition) is 5. The number of aliphatic hydroxyl groups is 4. The van der Waals surface area contributed by atoms with E-state index in [1.54, 1.807) is 0 Å². The highest BCUT2D eigenvalue weighted by molar-refractivity contribution is 4.88. The predicted molar refractivity (Wildman–Crippen MR) is 39.0 cm³/mol. The van der Waals surface area contributed by atoms with E-state index >= 15 is 0 Å². The molecule has 0 radical (unpaired) electrons. The fraction of sp³-hybridized carbons (Fsp3) is 1.00. The smallest absolute Gasteiger partial charge is 0.184 e. The molecular weight excluding hydrogens is 182 g/mol. The summed E-state index contributed by atoms with van der Waals surface area (Å²) in [5.41, 5.74) is 0. The van der Waals surface area contributed by atoms with Gasteiger partial charge in [0.1, 0.15) is 24.4 Å². The molecule has 0 aromatic heterocycles. The van der Waals surface area contributed by atoms with Crippen molar-refractivity contribution < 1.29 is 30.0 Å². The molecule has 78 valence electrons. The van der Waals surface area contributed by atoms with E-state index in [-0.39, 0.29) is 6.61 Å². The zero-order valence-electron chi connectivity index (χ0n) is 6.78. The van der Waals surface area contributed by atoms with E-state index < -0.39 is 30.7 Å². The molecule has 5 atom stereocenters. The summed E-state index contributed by atoms with van der Waals surface area (Å²) in [7, 11) is 0. The summed E-state index contributed by atoms with van der Waals surface area (Å²) < 4.78 is 4.71. The third-order valence-electron chi connectivity index (χ3n) is 1.95. The Balaban J connectivity index is 2.59. The molecule has 0 saturated carbocycles. The quantitative estimate of drug-likeness (QED) is 0.292. The molecule has 1 rings (SSSR count). The van der Waals surface area contributed by atoms with Gasteiger partial charge in [-0.2, -0.15) is 0 Å². The highest BCUT2D eigenvalue weighted by atomic mass is 16.7. The Morgan fingerprint density at radius 1 is 1.08 bits per heavy atom. The summed E-state index contributed by atoms with van der Waals surface area (Å²) in [4.78, 5) is 4.19. The first-order chi connectivity index (χ1) is 6.07. The van der Waals surface area contributed by atoms with Gasteiger partial charge >= 0.3 is 0 Å². The highest BCUT2D eigenvalue weighted by Gasteiger charge is 2.42. The first-order valence-corrected chi connectivity index (χ1v) is 3.77. The number of aliphatic hydroxyl groups excluding tert-OH is 4. The molecule has 1 saturated heterocycles. The third-order valence-corrected chi connectivity index (χ3v) is 1.95. The first-order valence-electron chi connectivity index (χ1n) is 3.77. The number of nitrogens with two attached hydrogens (primary N) is 1. The van der Waals surface area contributed by atoms with Crippen LogP contribution in [0.3, 0.4) is 0 Å². The molecule has 1 heterocycles. The standard InChI is InChI=1S/C6H13NO6/c7-12-1-2-3(8)4(9)5(10)6(11)13-2/h2-6,8-11H,1,7H2/t2-,3+,4+,5-,6?/m0/s1. The second kappa shape index (κ2) is 4.29. The molecule has 13 heavy (non-hydrogen) atoms. The van der Waals surface area contributed by atoms with Crippen LogP contribution in [0.25, 0.3) is 0 Å². The number of rotatable bonds is 2. The Hall–Kier alpha value is -0.280. The molecule has 1 aliphatic heterocycles. The molecule has 0 spiro atoms. The lowest BCUT2D eigenvalue weighted by molar-refractivity contribution is -0.288. The van der Waals surface area contributed by atoms with E-state index in [1.165, 1.54) is 0 Å². The van der Waals surface area contributed by atoms with Crippen LogP contribution in [-0.2, 0) is 9.57 Å². The largest absolute Gasteiger partial charge is 0.387 e. The second-order valence-corrected chi connectivity index (χ2v) is 2.87. The van der Waals surface area contributed by atoms with Gasteiger partial charge in [0.15, 0.2) is 6.29 Å². The van der Waals surface area contributed by atoms with Crippen molar-refractivity contribution in [1.82, 2.24) is 0 Å². The number of hydrogen-bond acceptors (Lipinski definition) is 7.